The number of esters is 1. The summed E-state index contributed by atoms with van der Waals surface area (Å²) >= 11 is 0. The van der Waals surface area contributed by atoms with Gasteiger partial charge in [-0.2, -0.15) is 4.31 Å². The van der Waals surface area contributed by atoms with Crippen LogP contribution in [0, 0.1) is 0 Å². The summed E-state index contributed by atoms with van der Waals surface area (Å²) in [5.74, 6) is -0.253. The molecule has 3 rings (SSSR count). The topological polar surface area (TPSA) is 111 Å². The van der Waals surface area contributed by atoms with Gasteiger partial charge in [-0.25, -0.2) is 13.2 Å². The molecule has 0 bridgehead atoms. The van der Waals surface area contributed by atoms with E-state index in [9.17, 15) is 18.0 Å². The average molecular weight is 477 g/mol. The second kappa shape index (κ2) is 10.7. The maximum Gasteiger partial charge on any atom is 0.338 e. The molecule has 1 aliphatic heterocycles. The van der Waals surface area contributed by atoms with Crippen molar-refractivity contribution in [3.05, 3.63) is 48.0 Å². The fourth-order valence-electron chi connectivity index (χ4n) is 3.63. The third-order valence-corrected chi connectivity index (χ3v) is 7.18. The van der Waals surface area contributed by atoms with Gasteiger partial charge in [0.15, 0.2) is 11.5 Å². The predicted molar refractivity (Wildman–Crippen MR) is 122 cm³/mol. The van der Waals surface area contributed by atoms with Crippen molar-refractivity contribution in [1.82, 2.24) is 4.31 Å². The van der Waals surface area contributed by atoms with Gasteiger partial charge in [0.2, 0.25) is 15.9 Å². The van der Waals surface area contributed by atoms with E-state index in [1.165, 1.54) is 42.8 Å². The molecule has 178 valence electrons. The number of anilines is 1. The number of hydrogen-bond acceptors (Lipinski definition) is 7. The molecule has 1 saturated heterocycles. The zero-order valence-electron chi connectivity index (χ0n) is 18.9. The minimum atomic E-state index is -3.95. The molecule has 1 fully saturated rings. The fraction of sp³-hybridized carbons (Fsp3) is 0.391. The lowest BCUT2D eigenvalue weighted by molar-refractivity contribution is -0.119. The van der Waals surface area contributed by atoms with Crippen LogP contribution in [0.15, 0.2) is 47.4 Å². The van der Waals surface area contributed by atoms with Crippen LogP contribution in [0.3, 0.4) is 0 Å². The molecule has 0 radical (unpaired) electrons. The largest absolute Gasteiger partial charge is 0.493 e. The standard InChI is InChI=1S/C23H28N2O7S/c1-4-13-32-23(27)16-7-5-8-17(14-16)24-22(26)19-9-6-12-25(19)33(28,29)18-10-11-20(30-2)21(15-18)31-3/h5,7-8,10-11,14-15,19H,4,6,9,12-13H2,1-3H3,(H,24,26). The summed E-state index contributed by atoms with van der Waals surface area (Å²) in [4.78, 5) is 25.1. The highest BCUT2D eigenvalue weighted by molar-refractivity contribution is 7.89. The number of sulfonamides is 1. The van der Waals surface area contributed by atoms with Crippen molar-refractivity contribution in [2.45, 2.75) is 37.1 Å². The van der Waals surface area contributed by atoms with E-state index in [2.05, 4.69) is 5.32 Å². The van der Waals surface area contributed by atoms with Crippen LogP contribution in [-0.2, 0) is 19.6 Å². The van der Waals surface area contributed by atoms with Crippen molar-refractivity contribution in [2.75, 3.05) is 32.7 Å². The summed E-state index contributed by atoms with van der Waals surface area (Å²) in [5, 5.41) is 2.73. The van der Waals surface area contributed by atoms with Gasteiger partial charge in [0.05, 0.1) is 31.3 Å². The molecular weight excluding hydrogens is 448 g/mol. The van der Waals surface area contributed by atoms with Gasteiger partial charge in [0.25, 0.3) is 0 Å². The second-order valence-electron chi connectivity index (χ2n) is 7.50. The highest BCUT2D eigenvalue weighted by Crippen LogP contribution is 2.33. The van der Waals surface area contributed by atoms with Crippen molar-refractivity contribution in [3.63, 3.8) is 0 Å². The number of carbonyl (C=O) groups is 2. The van der Waals surface area contributed by atoms with Crippen LogP contribution in [0.2, 0.25) is 0 Å². The van der Waals surface area contributed by atoms with Crippen LogP contribution < -0.4 is 14.8 Å². The molecule has 1 amide bonds. The zero-order chi connectivity index (χ0) is 24.0. The van der Waals surface area contributed by atoms with Crippen molar-refractivity contribution in [2.24, 2.45) is 0 Å². The number of ether oxygens (including phenoxy) is 3. The first-order chi connectivity index (χ1) is 15.8. The Morgan fingerprint density at radius 1 is 1.09 bits per heavy atom. The smallest absolute Gasteiger partial charge is 0.338 e. The summed E-state index contributed by atoms with van der Waals surface area (Å²) in [7, 11) is -1.07. The highest BCUT2D eigenvalue weighted by Gasteiger charge is 2.39. The molecule has 33 heavy (non-hydrogen) atoms. The highest BCUT2D eigenvalue weighted by atomic mass is 32.2. The van der Waals surface area contributed by atoms with Gasteiger partial charge in [0.1, 0.15) is 6.04 Å². The van der Waals surface area contributed by atoms with Crippen molar-refractivity contribution in [1.29, 1.82) is 0 Å². The predicted octanol–water partition coefficient (Wildman–Crippen LogP) is 3.06. The normalized spacial score (nSPS) is 16.3. The van der Waals surface area contributed by atoms with E-state index in [1.807, 2.05) is 6.92 Å². The maximum absolute atomic E-state index is 13.3. The molecular formula is C23H28N2O7S. The first kappa shape index (κ1) is 24.5. The lowest BCUT2D eigenvalue weighted by Crippen LogP contribution is -2.43. The first-order valence-electron chi connectivity index (χ1n) is 10.6. The lowest BCUT2D eigenvalue weighted by Gasteiger charge is -2.24. The summed E-state index contributed by atoms with van der Waals surface area (Å²) in [6.45, 7) is 2.42. The van der Waals surface area contributed by atoms with Gasteiger partial charge >= 0.3 is 5.97 Å². The molecule has 2 aromatic carbocycles. The molecule has 1 aliphatic rings. The number of amides is 1. The van der Waals surface area contributed by atoms with E-state index in [1.54, 1.807) is 18.2 Å². The van der Waals surface area contributed by atoms with Crippen molar-refractivity contribution < 1.29 is 32.2 Å². The maximum atomic E-state index is 13.3. The van der Waals surface area contributed by atoms with Gasteiger partial charge < -0.3 is 19.5 Å². The number of nitrogens with one attached hydrogen (secondary N) is 1. The molecule has 1 atom stereocenters. The molecule has 2 aromatic rings. The molecule has 9 nitrogen and oxygen atoms in total. The molecule has 0 spiro atoms. The van der Waals surface area contributed by atoms with Crippen molar-refractivity contribution >= 4 is 27.6 Å². The monoisotopic (exact) mass is 476 g/mol. The van der Waals surface area contributed by atoms with Crippen LogP contribution in [-0.4, -0.2) is 58.0 Å². The minimum Gasteiger partial charge on any atom is -0.493 e. The molecule has 0 aromatic heterocycles. The quantitative estimate of drug-likeness (QED) is 0.554. The average Bonchev–Trinajstić information content (AvgIpc) is 3.33. The Bertz CT molecular complexity index is 1120. The summed E-state index contributed by atoms with van der Waals surface area (Å²) in [6.07, 6.45) is 1.64. The number of carbonyl (C=O) groups excluding carboxylic acids is 2. The summed E-state index contributed by atoms with van der Waals surface area (Å²) < 4.78 is 43.3. The van der Waals surface area contributed by atoms with Gasteiger partial charge in [-0.1, -0.05) is 13.0 Å². The van der Waals surface area contributed by atoms with E-state index in [4.69, 9.17) is 14.2 Å². The number of nitrogens with zero attached hydrogens (tertiary/aromatic N) is 1. The van der Waals surface area contributed by atoms with E-state index in [0.717, 1.165) is 0 Å². The molecule has 10 heteroatoms. The number of rotatable bonds is 9. The fourth-order valence-corrected chi connectivity index (χ4v) is 5.30. The Morgan fingerprint density at radius 2 is 1.85 bits per heavy atom. The van der Waals surface area contributed by atoms with E-state index in [-0.39, 0.29) is 17.2 Å². The van der Waals surface area contributed by atoms with Gasteiger partial charge in [0, 0.05) is 18.3 Å². The number of hydrogen-bond donors (Lipinski definition) is 1. The molecule has 0 saturated carbocycles. The molecule has 1 heterocycles. The van der Waals surface area contributed by atoms with E-state index < -0.39 is 27.9 Å². The van der Waals surface area contributed by atoms with Gasteiger partial charge in [-0.15, -0.1) is 0 Å². The molecule has 1 N–H and O–H groups in total. The number of benzene rings is 2. The third kappa shape index (κ3) is 5.45. The lowest BCUT2D eigenvalue weighted by atomic mass is 10.1. The second-order valence-corrected chi connectivity index (χ2v) is 9.39. The van der Waals surface area contributed by atoms with Gasteiger partial charge in [-0.05, 0) is 49.6 Å². The van der Waals surface area contributed by atoms with Crippen LogP contribution in [0.1, 0.15) is 36.5 Å². The zero-order valence-corrected chi connectivity index (χ0v) is 19.7. The summed E-state index contributed by atoms with van der Waals surface area (Å²) in [5.41, 5.74) is 0.698. The van der Waals surface area contributed by atoms with Crippen molar-refractivity contribution in [3.8, 4) is 11.5 Å². The first-order valence-corrected chi connectivity index (χ1v) is 12.1. The van der Waals surface area contributed by atoms with Crippen LogP contribution in [0.5, 0.6) is 11.5 Å². The SMILES string of the molecule is CCCOC(=O)c1cccc(NC(=O)C2CCCN2S(=O)(=O)c2ccc(OC)c(OC)c2)c1. The molecule has 0 aliphatic carbocycles. The van der Waals surface area contributed by atoms with Crippen LogP contribution >= 0.6 is 0 Å². The minimum absolute atomic E-state index is 0.0144. The Morgan fingerprint density at radius 3 is 2.55 bits per heavy atom. The van der Waals surface area contributed by atoms with Crippen LogP contribution in [0.4, 0.5) is 5.69 Å². The van der Waals surface area contributed by atoms with Gasteiger partial charge in [-0.3, -0.25) is 4.79 Å². The Balaban J connectivity index is 1.79. The third-order valence-electron chi connectivity index (χ3n) is 5.27. The molecule has 1 unspecified atom stereocenters. The van der Waals surface area contributed by atoms with E-state index >= 15 is 0 Å². The Hall–Kier alpha value is -3.11. The Kier molecular flexibility index (Phi) is 7.93. The Labute approximate surface area is 193 Å². The van der Waals surface area contributed by atoms with E-state index in [0.29, 0.717) is 42.9 Å². The van der Waals surface area contributed by atoms with Crippen LogP contribution in [0.25, 0.3) is 0 Å². The summed E-state index contributed by atoms with van der Waals surface area (Å²) in [6, 6.07) is 9.82. The number of methoxy groups -OCH3 is 2.